The molecule has 0 bridgehead atoms. The van der Waals surface area contributed by atoms with Crippen molar-refractivity contribution in [1.29, 1.82) is 0 Å². The van der Waals surface area contributed by atoms with Gasteiger partial charge in [-0.1, -0.05) is 25.1 Å². The average molecular weight is 289 g/mol. The maximum atomic E-state index is 11.9. The van der Waals surface area contributed by atoms with Gasteiger partial charge in [-0.05, 0) is 24.5 Å². The predicted octanol–water partition coefficient (Wildman–Crippen LogP) is 2.59. The summed E-state index contributed by atoms with van der Waals surface area (Å²) in [6.07, 6.45) is 2.35. The highest BCUT2D eigenvalue weighted by Gasteiger charge is 2.17. The molecule has 1 heterocycles. The fourth-order valence-electron chi connectivity index (χ4n) is 1.81. The molecule has 0 fully saturated rings. The summed E-state index contributed by atoms with van der Waals surface area (Å²) in [4.78, 5) is 27.6. The van der Waals surface area contributed by atoms with Gasteiger partial charge < -0.3 is 5.32 Å². The zero-order valence-corrected chi connectivity index (χ0v) is 12.1. The SMILES string of the molecule is CCc1cccc(C)c1NC(=O)C(=O)Nc1nccs1. The van der Waals surface area contributed by atoms with Crippen molar-refractivity contribution in [1.82, 2.24) is 4.98 Å². The highest BCUT2D eigenvalue weighted by atomic mass is 32.1. The quantitative estimate of drug-likeness (QED) is 0.853. The Kier molecular flexibility index (Phi) is 4.47. The first-order valence-electron chi connectivity index (χ1n) is 6.22. The molecule has 1 aromatic heterocycles. The van der Waals surface area contributed by atoms with Crippen LogP contribution in [0.2, 0.25) is 0 Å². The summed E-state index contributed by atoms with van der Waals surface area (Å²) < 4.78 is 0. The molecule has 2 amide bonds. The number of hydrogen-bond donors (Lipinski definition) is 2. The number of anilines is 2. The Morgan fingerprint density at radius 2 is 2.00 bits per heavy atom. The number of hydrogen-bond acceptors (Lipinski definition) is 4. The highest BCUT2D eigenvalue weighted by Crippen LogP contribution is 2.21. The molecule has 5 nitrogen and oxygen atoms in total. The first-order chi connectivity index (χ1) is 9.61. The van der Waals surface area contributed by atoms with Gasteiger partial charge in [0.15, 0.2) is 5.13 Å². The predicted molar refractivity (Wildman–Crippen MR) is 79.9 cm³/mol. The van der Waals surface area contributed by atoms with Crippen molar-refractivity contribution in [2.45, 2.75) is 20.3 Å². The fourth-order valence-corrected chi connectivity index (χ4v) is 2.34. The van der Waals surface area contributed by atoms with Crippen LogP contribution in [0.3, 0.4) is 0 Å². The van der Waals surface area contributed by atoms with Crippen LogP contribution >= 0.6 is 11.3 Å². The second-order valence-electron chi connectivity index (χ2n) is 4.21. The molecular weight excluding hydrogens is 274 g/mol. The van der Waals surface area contributed by atoms with Crippen LogP contribution in [0.1, 0.15) is 18.1 Å². The molecule has 2 N–H and O–H groups in total. The molecule has 0 atom stereocenters. The minimum Gasteiger partial charge on any atom is -0.317 e. The van der Waals surface area contributed by atoms with Crippen molar-refractivity contribution < 1.29 is 9.59 Å². The number of nitrogens with zero attached hydrogens (tertiary/aromatic N) is 1. The zero-order chi connectivity index (χ0) is 14.5. The molecule has 0 radical (unpaired) electrons. The van der Waals surface area contributed by atoms with Gasteiger partial charge >= 0.3 is 11.8 Å². The average Bonchev–Trinajstić information content (AvgIpc) is 2.93. The standard InChI is InChI=1S/C14H15N3O2S/c1-3-10-6-4-5-9(2)11(10)16-12(18)13(19)17-14-15-7-8-20-14/h4-8H,3H2,1-2H3,(H,16,18)(H,15,17,19). The third-order valence-corrected chi connectivity index (χ3v) is 3.53. The van der Waals surface area contributed by atoms with E-state index in [0.29, 0.717) is 10.8 Å². The highest BCUT2D eigenvalue weighted by molar-refractivity contribution is 7.13. The molecule has 104 valence electrons. The van der Waals surface area contributed by atoms with Crippen LogP contribution in [0.4, 0.5) is 10.8 Å². The van der Waals surface area contributed by atoms with E-state index < -0.39 is 11.8 Å². The van der Waals surface area contributed by atoms with Gasteiger partial charge in [0.1, 0.15) is 0 Å². The number of benzene rings is 1. The number of carbonyl (C=O) groups excluding carboxylic acids is 2. The van der Waals surface area contributed by atoms with Gasteiger partial charge in [0.2, 0.25) is 0 Å². The van der Waals surface area contributed by atoms with E-state index >= 15 is 0 Å². The lowest BCUT2D eigenvalue weighted by Crippen LogP contribution is -2.29. The molecule has 0 aliphatic carbocycles. The third kappa shape index (κ3) is 3.21. The maximum absolute atomic E-state index is 11.9. The summed E-state index contributed by atoms with van der Waals surface area (Å²) >= 11 is 1.26. The van der Waals surface area contributed by atoms with Crippen molar-refractivity contribution in [3.63, 3.8) is 0 Å². The third-order valence-electron chi connectivity index (χ3n) is 2.84. The molecule has 20 heavy (non-hydrogen) atoms. The Morgan fingerprint density at radius 1 is 1.25 bits per heavy atom. The smallest absolute Gasteiger partial charge is 0.315 e. The molecule has 2 aromatic rings. The lowest BCUT2D eigenvalue weighted by Gasteiger charge is -2.12. The van der Waals surface area contributed by atoms with Crippen molar-refractivity contribution in [2.75, 3.05) is 10.6 Å². The van der Waals surface area contributed by atoms with E-state index in [1.54, 1.807) is 11.6 Å². The number of thiazole rings is 1. The van der Waals surface area contributed by atoms with Crippen LogP contribution in [-0.4, -0.2) is 16.8 Å². The lowest BCUT2D eigenvalue weighted by atomic mass is 10.1. The van der Waals surface area contributed by atoms with E-state index in [1.165, 1.54) is 11.3 Å². The lowest BCUT2D eigenvalue weighted by molar-refractivity contribution is -0.133. The molecule has 0 spiro atoms. The second kappa shape index (κ2) is 6.29. The van der Waals surface area contributed by atoms with Crippen LogP contribution < -0.4 is 10.6 Å². The molecule has 1 aromatic carbocycles. The monoisotopic (exact) mass is 289 g/mol. The van der Waals surface area contributed by atoms with E-state index in [0.717, 1.165) is 17.5 Å². The summed E-state index contributed by atoms with van der Waals surface area (Å²) in [6, 6.07) is 5.76. The minimum absolute atomic E-state index is 0.408. The number of rotatable bonds is 3. The van der Waals surface area contributed by atoms with Gasteiger partial charge in [-0.3, -0.25) is 14.9 Å². The van der Waals surface area contributed by atoms with Crippen LogP contribution in [0.15, 0.2) is 29.8 Å². The van der Waals surface area contributed by atoms with Crippen molar-refractivity contribution in [3.8, 4) is 0 Å². The van der Waals surface area contributed by atoms with Crippen molar-refractivity contribution in [3.05, 3.63) is 40.9 Å². The molecule has 0 saturated heterocycles. The van der Waals surface area contributed by atoms with Crippen molar-refractivity contribution >= 4 is 34.0 Å². The Hall–Kier alpha value is -2.21. The van der Waals surface area contributed by atoms with E-state index in [9.17, 15) is 9.59 Å². The Labute approximate surface area is 121 Å². The van der Waals surface area contributed by atoms with Crippen LogP contribution in [0, 0.1) is 6.92 Å². The molecule has 0 aliphatic rings. The van der Waals surface area contributed by atoms with E-state index in [4.69, 9.17) is 0 Å². The van der Waals surface area contributed by atoms with E-state index in [-0.39, 0.29) is 0 Å². The van der Waals surface area contributed by atoms with Crippen LogP contribution in [0.5, 0.6) is 0 Å². The molecule has 0 unspecified atom stereocenters. The first-order valence-corrected chi connectivity index (χ1v) is 7.10. The van der Waals surface area contributed by atoms with Gasteiger partial charge in [-0.2, -0.15) is 0 Å². The van der Waals surface area contributed by atoms with Gasteiger partial charge in [0.05, 0.1) is 0 Å². The van der Waals surface area contributed by atoms with Crippen molar-refractivity contribution in [2.24, 2.45) is 0 Å². The summed E-state index contributed by atoms with van der Waals surface area (Å²) in [5.41, 5.74) is 2.63. The summed E-state index contributed by atoms with van der Waals surface area (Å²) in [6.45, 7) is 3.90. The van der Waals surface area contributed by atoms with Gasteiger partial charge in [0, 0.05) is 17.3 Å². The van der Waals surface area contributed by atoms with E-state index in [2.05, 4.69) is 15.6 Å². The molecule has 6 heteroatoms. The number of para-hydroxylation sites is 1. The number of aromatic nitrogens is 1. The van der Waals surface area contributed by atoms with Gasteiger partial charge in [0.25, 0.3) is 0 Å². The molecule has 2 rings (SSSR count). The largest absolute Gasteiger partial charge is 0.317 e. The number of amides is 2. The minimum atomic E-state index is -0.717. The molecular formula is C14H15N3O2S. The van der Waals surface area contributed by atoms with Crippen LogP contribution in [-0.2, 0) is 16.0 Å². The van der Waals surface area contributed by atoms with Gasteiger partial charge in [-0.15, -0.1) is 11.3 Å². The maximum Gasteiger partial charge on any atom is 0.315 e. The first kappa shape index (κ1) is 14.2. The van der Waals surface area contributed by atoms with Gasteiger partial charge in [-0.25, -0.2) is 4.98 Å². The Bertz CT molecular complexity index is 623. The van der Waals surface area contributed by atoms with E-state index in [1.807, 2.05) is 32.0 Å². The Balaban J connectivity index is 2.10. The Morgan fingerprint density at radius 3 is 2.65 bits per heavy atom. The number of nitrogens with one attached hydrogen (secondary N) is 2. The fraction of sp³-hybridized carbons (Fsp3) is 0.214. The normalized spacial score (nSPS) is 10.1. The molecule has 0 aliphatic heterocycles. The topological polar surface area (TPSA) is 71.1 Å². The summed E-state index contributed by atoms with van der Waals surface area (Å²) in [7, 11) is 0. The second-order valence-corrected chi connectivity index (χ2v) is 5.10. The summed E-state index contributed by atoms with van der Waals surface area (Å²) in [5.74, 6) is -1.41. The number of aryl methyl sites for hydroxylation is 2. The molecule has 0 saturated carbocycles. The van der Waals surface area contributed by atoms with Crippen LogP contribution in [0.25, 0.3) is 0 Å². The number of carbonyl (C=O) groups is 2. The zero-order valence-electron chi connectivity index (χ0n) is 11.3. The summed E-state index contributed by atoms with van der Waals surface area (Å²) in [5, 5.41) is 7.26.